The number of anilines is 1. The maximum atomic E-state index is 12.6. The minimum atomic E-state index is -0.458. The summed E-state index contributed by atoms with van der Waals surface area (Å²) in [5, 5.41) is 10.1. The lowest BCUT2D eigenvalue weighted by Gasteiger charge is -2.07. The number of benzene rings is 2. The lowest BCUT2D eigenvalue weighted by Crippen LogP contribution is -2.26. The molecule has 1 amide bonds. The van der Waals surface area contributed by atoms with E-state index in [0.717, 1.165) is 5.56 Å². The summed E-state index contributed by atoms with van der Waals surface area (Å²) >= 11 is 13.4. The van der Waals surface area contributed by atoms with E-state index in [9.17, 15) is 9.59 Å². The summed E-state index contributed by atoms with van der Waals surface area (Å²) in [6.45, 7) is 0.275. The Morgan fingerprint density at radius 1 is 1.07 bits per heavy atom. The maximum Gasteiger partial charge on any atom is 0.277 e. The van der Waals surface area contributed by atoms with Crippen LogP contribution in [-0.4, -0.2) is 20.7 Å². The molecule has 0 fully saturated rings. The molecule has 30 heavy (non-hydrogen) atoms. The number of aromatic nitrogens is 3. The van der Waals surface area contributed by atoms with Crippen molar-refractivity contribution in [2.75, 3.05) is 5.32 Å². The molecule has 0 spiro atoms. The first-order chi connectivity index (χ1) is 14.5. The van der Waals surface area contributed by atoms with Gasteiger partial charge in [-0.2, -0.15) is 5.10 Å². The predicted molar refractivity (Wildman–Crippen MR) is 120 cm³/mol. The SMILES string of the molecule is O=C(Nc1nc(-c2ccc(Cl)cc2Cl)cs1)c1ccc(=O)n(Cc2ccccc2)n1. The molecule has 0 aliphatic heterocycles. The normalized spacial score (nSPS) is 10.7. The van der Waals surface area contributed by atoms with Gasteiger partial charge in [0.05, 0.1) is 17.3 Å². The van der Waals surface area contributed by atoms with Gasteiger partial charge in [0, 0.05) is 22.0 Å². The van der Waals surface area contributed by atoms with E-state index >= 15 is 0 Å². The van der Waals surface area contributed by atoms with Crippen LogP contribution in [0.2, 0.25) is 10.0 Å². The fourth-order valence-electron chi connectivity index (χ4n) is 2.75. The third-order valence-corrected chi connectivity index (χ3v) is 5.51. The lowest BCUT2D eigenvalue weighted by atomic mass is 10.2. The van der Waals surface area contributed by atoms with Crippen LogP contribution in [0.25, 0.3) is 11.3 Å². The Hall–Kier alpha value is -3.00. The van der Waals surface area contributed by atoms with Crippen LogP contribution in [0.1, 0.15) is 16.1 Å². The van der Waals surface area contributed by atoms with Crippen LogP contribution in [0.5, 0.6) is 0 Å². The molecule has 150 valence electrons. The smallest absolute Gasteiger partial charge is 0.277 e. The monoisotopic (exact) mass is 456 g/mol. The van der Waals surface area contributed by atoms with E-state index in [0.29, 0.717) is 26.4 Å². The van der Waals surface area contributed by atoms with Gasteiger partial charge < -0.3 is 0 Å². The molecule has 0 radical (unpaired) electrons. The quantitative estimate of drug-likeness (QED) is 0.459. The van der Waals surface area contributed by atoms with Crippen LogP contribution >= 0.6 is 34.5 Å². The van der Waals surface area contributed by atoms with E-state index in [4.69, 9.17) is 23.2 Å². The zero-order valence-corrected chi connectivity index (χ0v) is 17.7. The Labute approximate surface area is 185 Å². The topological polar surface area (TPSA) is 76.9 Å². The van der Waals surface area contributed by atoms with Crippen LogP contribution in [0.4, 0.5) is 5.13 Å². The van der Waals surface area contributed by atoms with Gasteiger partial charge in [-0.15, -0.1) is 11.3 Å². The summed E-state index contributed by atoms with van der Waals surface area (Å²) in [4.78, 5) is 29.1. The Balaban J connectivity index is 1.52. The summed E-state index contributed by atoms with van der Waals surface area (Å²) in [7, 11) is 0. The highest BCUT2D eigenvalue weighted by molar-refractivity contribution is 7.14. The second kappa shape index (κ2) is 8.79. The van der Waals surface area contributed by atoms with Gasteiger partial charge in [0.2, 0.25) is 0 Å². The molecule has 0 atom stereocenters. The standard InChI is InChI=1S/C21H14Cl2N4O2S/c22-14-6-7-15(16(23)10-14)18-12-30-21(24-18)25-20(29)17-8-9-19(28)27(26-17)11-13-4-2-1-3-5-13/h1-10,12H,11H2,(H,24,25,29). The van der Waals surface area contributed by atoms with E-state index in [2.05, 4.69) is 15.4 Å². The van der Waals surface area contributed by atoms with Crippen molar-refractivity contribution in [3.63, 3.8) is 0 Å². The number of hydrogen-bond acceptors (Lipinski definition) is 5. The second-order valence-electron chi connectivity index (χ2n) is 6.32. The van der Waals surface area contributed by atoms with Crippen LogP contribution in [0.15, 0.2) is 70.8 Å². The van der Waals surface area contributed by atoms with Gasteiger partial charge >= 0.3 is 0 Å². The van der Waals surface area contributed by atoms with Crippen molar-refractivity contribution in [1.82, 2.24) is 14.8 Å². The minimum absolute atomic E-state index is 0.117. The van der Waals surface area contributed by atoms with Crippen molar-refractivity contribution >= 4 is 45.6 Å². The zero-order valence-electron chi connectivity index (χ0n) is 15.4. The summed E-state index contributed by atoms with van der Waals surface area (Å²) < 4.78 is 1.25. The molecule has 0 unspecified atom stereocenters. The Kier molecular flexibility index (Phi) is 5.94. The van der Waals surface area contributed by atoms with E-state index in [1.165, 1.54) is 28.2 Å². The molecule has 9 heteroatoms. The van der Waals surface area contributed by atoms with Gasteiger partial charge in [0.15, 0.2) is 5.13 Å². The average molecular weight is 457 g/mol. The van der Waals surface area contributed by atoms with Gasteiger partial charge in [-0.1, -0.05) is 53.5 Å². The molecule has 2 heterocycles. The molecule has 0 aliphatic carbocycles. The molecule has 0 saturated heterocycles. The van der Waals surface area contributed by atoms with Gasteiger partial charge in [-0.05, 0) is 29.8 Å². The third kappa shape index (κ3) is 4.59. The van der Waals surface area contributed by atoms with Gasteiger partial charge in [-0.3, -0.25) is 14.9 Å². The van der Waals surface area contributed by atoms with Crippen molar-refractivity contribution in [3.05, 3.63) is 97.7 Å². The zero-order chi connectivity index (χ0) is 21.1. The Morgan fingerprint density at radius 3 is 2.63 bits per heavy atom. The van der Waals surface area contributed by atoms with Crippen molar-refractivity contribution < 1.29 is 4.79 Å². The largest absolute Gasteiger partial charge is 0.296 e. The lowest BCUT2D eigenvalue weighted by molar-refractivity contribution is 0.102. The van der Waals surface area contributed by atoms with Gasteiger partial charge in [0.1, 0.15) is 5.69 Å². The van der Waals surface area contributed by atoms with Crippen LogP contribution in [0, 0.1) is 0 Å². The number of nitrogens with one attached hydrogen (secondary N) is 1. The summed E-state index contributed by atoms with van der Waals surface area (Å²) in [5.74, 6) is -0.458. The number of thiazole rings is 1. The first-order valence-electron chi connectivity index (χ1n) is 8.84. The van der Waals surface area contributed by atoms with Crippen LogP contribution in [-0.2, 0) is 6.54 Å². The summed E-state index contributed by atoms with van der Waals surface area (Å²) in [6.07, 6.45) is 0. The van der Waals surface area contributed by atoms with E-state index in [1.807, 2.05) is 30.3 Å². The first-order valence-corrected chi connectivity index (χ1v) is 10.5. The average Bonchev–Trinajstić information content (AvgIpc) is 3.18. The minimum Gasteiger partial charge on any atom is -0.296 e. The summed E-state index contributed by atoms with van der Waals surface area (Å²) in [6, 6.07) is 17.3. The fourth-order valence-corrected chi connectivity index (χ4v) is 3.96. The molecule has 6 nitrogen and oxygen atoms in total. The molecule has 0 saturated carbocycles. The van der Waals surface area contributed by atoms with Crippen molar-refractivity contribution in [2.24, 2.45) is 0 Å². The third-order valence-electron chi connectivity index (χ3n) is 4.21. The molecule has 2 aromatic heterocycles. The fraction of sp³-hybridized carbons (Fsp3) is 0.0476. The van der Waals surface area contributed by atoms with E-state index in [-0.39, 0.29) is 17.8 Å². The van der Waals surface area contributed by atoms with Crippen molar-refractivity contribution in [2.45, 2.75) is 6.54 Å². The van der Waals surface area contributed by atoms with E-state index < -0.39 is 5.91 Å². The van der Waals surface area contributed by atoms with Crippen molar-refractivity contribution in [1.29, 1.82) is 0 Å². The number of rotatable bonds is 5. The number of amides is 1. The Morgan fingerprint density at radius 2 is 1.87 bits per heavy atom. The molecule has 2 aromatic carbocycles. The number of nitrogens with zero attached hydrogens (tertiary/aromatic N) is 3. The number of carbonyl (C=O) groups excluding carboxylic acids is 1. The first kappa shape index (κ1) is 20.3. The molecule has 1 N–H and O–H groups in total. The molecular weight excluding hydrogens is 443 g/mol. The highest BCUT2D eigenvalue weighted by Gasteiger charge is 2.14. The molecule has 4 rings (SSSR count). The molecule has 0 bridgehead atoms. The van der Waals surface area contributed by atoms with Gasteiger partial charge in [-0.25, -0.2) is 9.67 Å². The number of carbonyl (C=O) groups is 1. The molecule has 4 aromatic rings. The van der Waals surface area contributed by atoms with Gasteiger partial charge in [0.25, 0.3) is 11.5 Å². The maximum absolute atomic E-state index is 12.6. The molecular formula is C21H14Cl2N4O2S. The highest BCUT2D eigenvalue weighted by Crippen LogP contribution is 2.32. The number of halogens is 2. The Bertz CT molecular complexity index is 1270. The molecule has 0 aliphatic rings. The number of hydrogen-bond donors (Lipinski definition) is 1. The van der Waals surface area contributed by atoms with E-state index in [1.54, 1.807) is 23.6 Å². The van der Waals surface area contributed by atoms with Crippen LogP contribution < -0.4 is 10.9 Å². The van der Waals surface area contributed by atoms with Crippen molar-refractivity contribution in [3.8, 4) is 11.3 Å². The highest BCUT2D eigenvalue weighted by atomic mass is 35.5. The summed E-state index contributed by atoms with van der Waals surface area (Å²) in [5.41, 5.74) is 2.08. The second-order valence-corrected chi connectivity index (χ2v) is 8.02. The van der Waals surface area contributed by atoms with Crippen LogP contribution in [0.3, 0.4) is 0 Å². The predicted octanol–water partition coefficient (Wildman–Crippen LogP) is 4.97.